The predicted octanol–water partition coefficient (Wildman–Crippen LogP) is 4.91. The average molecular weight is 434 g/mol. The number of benzene rings is 1. The zero-order valence-corrected chi connectivity index (χ0v) is 17.8. The van der Waals surface area contributed by atoms with Crippen LogP contribution in [0, 0.1) is 5.92 Å². The molecular weight excluding hydrogens is 410 g/mol. The second-order valence-corrected chi connectivity index (χ2v) is 9.69. The maximum absolute atomic E-state index is 13.4. The first kappa shape index (κ1) is 20.0. The summed E-state index contributed by atoms with van der Waals surface area (Å²) in [5, 5.41) is 12.7. The molecule has 0 radical (unpaired) electrons. The first-order valence-corrected chi connectivity index (χ1v) is 11.9. The Hall–Kier alpha value is -2.33. The monoisotopic (exact) mass is 433 g/mol. The molecular formula is C20H23N3O4S2. The molecule has 0 aliphatic carbocycles. The van der Waals surface area contributed by atoms with E-state index in [0.29, 0.717) is 28.4 Å². The highest BCUT2D eigenvalue weighted by molar-refractivity contribution is 8.23. The highest BCUT2D eigenvalue weighted by Gasteiger charge is 2.31. The largest absolute Gasteiger partial charge is 0.505 e. The molecule has 1 aromatic carbocycles. The zero-order valence-electron chi connectivity index (χ0n) is 16.1. The minimum absolute atomic E-state index is 0.0280. The van der Waals surface area contributed by atoms with Crippen LogP contribution in [-0.2, 0) is 6.54 Å². The molecule has 154 valence electrons. The van der Waals surface area contributed by atoms with Gasteiger partial charge in [0.2, 0.25) is 0 Å². The van der Waals surface area contributed by atoms with Gasteiger partial charge in [0.15, 0.2) is 11.6 Å². The molecule has 4 rings (SSSR count). The molecule has 1 aliphatic heterocycles. The van der Waals surface area contributed by atoms with E-state index in [1.54, 1.807) is 28.8 Å². The summed E-state index contributed by atoms with van der Waals surface area (Å²) in [4.78, 5) is 18.1. The van der Waals surface area contributed by atoms with Crippen molar-refractivity contribution in [3.8, 4) is 5.75 Å². The van der Waals surface area contributed by atoms with E-state index in [1.165, 1.54) is 11.3 Å². The van der Waals surface area contributed by atoms with Crippen molar-refractivity contribution in [3.05, 3.63) is 51.6 Å². The van der Waals surface area contributed by atoms with E-state index in [4.69, 9.17) is 0 Å². The van der Waals surface area contributed by atoms with Gasteiger partial charge in [-0.3, -0.25) is 18.6 Å². The van der Waals surface area contributed by atoms with Crippen LogP contribution in [0.15, 0.2) is 50.4 Å². The van der Waals surface area contributed by atoms with Crippen molar-refractivity contribution >= 4 is 43.9 Å². The highest BCUT2D eigenvalue weighted by Crippen LogP contribution is 2.51. The lowest BCUT2D eigenvalue weighted by Gasteiger charge is -2.37. The summed E-state index contributed by atoms with van der Waals surface area (Å²) >= 11 is 1.33. The van der Waals surface area contributed by atoms with E-state index in [1.807, 2.05) is 11.4 Å². The van der Waals surface area contributed by atoms with Crippen LogP contribution in [0.5, 0.6) is 5.75 Å². The average Bonchev–Trinajstić information content (AvgIpc) is 3.18. The van der Waals surface area contributed by atoms with E-state index < -0.39 is 16.3 Å². The third-order valence-corrected chi connectivity index (χ3v) is 7.67. The van der Waals surface area contributed by atoms with Gasteiger partial charge >= 0.3 is 0 Å². The van der Waals surface area contributed by atoms with Crippen LogP contribution in [0.25, 0.3) is 10.2 Å². The third kappa shape index (κ3) is 3.33. The lowest BCUT2D eigenvalue weighted by molar-refractivity contribution is 0.416. The predicted molar refractivity (Wildman–Crippen MR) is 119 cm³/mol. The fourth-order valence-electron chi connectivity index (χ4n) is 3.58. The Bertz CT molecular complexity index is 1160. The smallest absolute Gasteiger partial charge is 0.265 e. The molecule has 0 spiro atoms. The van der Waals surface area contributed by atoms with E-state index in [9.17, 15) is 19.0 Å². The Morgan fingerprint density at radius 1 is 1.21 bits per heavy atom. The molecule has 0 atom stereocenters. The van der Waals surface area contributed by atoms with Gasteiger partial charge in [-0.15, -0.1) is 11.3 Å². The third-order valence-electron chi connectivity index (χ3n) is 5.32. The van der Waals surface area contributed by atoms with E-state index in [0.717, 1.165) is 12.8 Å². The maximum Gasteiger partial charge on any atom is 0.265 e. The van der Waals surface area contributed by atoms with Gasteiger partial charge in [-0.2, -0.15) is 0 Å². The first-order chi connectivity index (χ1) is 13.9. The van der Waals surface area contributed by atoms with Gasteiger partial charge in [0.05, 0.1) is 15.9 Å². The Labute approximate surface area is 173 Å². The number of amidine groups is 1. The van der Waals surface area contributed by atoms with Crippen molar-refractivity contribution in [1.82, 2.24) is 9.29 Å². The van der Waals surface area contributed by atoms with Crippen molar-refractivity contribution in [2.75, 3.05) is 0 Å². The molecule has 0 saturated carbocycles. The molecule has 0 unspecified atom stereocenters. The molecule has 0 fully saturated rings. The van der Waals surface area contributed by atoms with Gasteiger partial charge in [0.1, 0.15) is 10.5 Å². The molecule has 0 bridgehead atoms. The lowest BCUT2D eigenvalue weighted by atomic mass is 10.0. The molecule has 1 aliphatic rings. The molecule has 9 heteroatoms. The topological polar surface area (TPSA) is 107 Å². The minimum Gasteiger partial charge on any atom is -0.505 e. The summed E-state index contributed by atoms with van der Waals surface area (Å²) in [5.41, 5.74) is 0.593. The number of pyridine rings is 1. The van der Waals surface area contributed by atoms with Crippen LogP contribution < -0.4 is 10.3 Å². The van der Waals surface area contributed by atoms with Crippen LogP contribution in [0.1, 0.15) is 32.3 Å². The molecule has 4 N–H and O–H groups in total. The number of aliphatic imine (C=N–C) groups is 1. The molecule has 3 heterocycles. The molecule has 3 aromatic rings. The van der Waals surface area contributed by atoms with Crippen molar-refractivity contribution in [2.24, 2.45) is 10.9 Å². The van der Waals surface area contributed by atoms with E-state index in [2.05, 4.69) is 23.6 Å². The summed E-state index contributed by atoms with van der Waals surface area (Å²) in [6.45, 7) is 4.70. The zero-order chi connectivity index (χ0) is 20.8. The Morgan fingerprint density at radius 2 is 1.93 bits per heavy atom. The normalized spacial score (nSPS) is 16.4. The van der Waals surface area contributed by atoms with Crippen molar-refractivity contribution < 1.29 is 14.2 Å². The standard InChI is InChI=1S/C20H23N3O4S2/c1-3-12(4-2)11-23-14-9-10-28-18(14)17(24)16(20(23)25)19-21-13-7-5-6-8-15(13)29(26,27)22-19/h5-10,12,24,26-27H,3-4,11H2,1-2H3,(H,21,22). The van der Waals surface area contributed by atoms with Crippen LogP contribution in [0.3, 0.4) is 0 Å². The van der Waals surface area contributed by atoms with Crippen LogP contribution >= 0.6 is 22.1 Å². The molecule has 0 amide bonds. The van der Waals surface area contributed by atoms with Crippen molar-refractivity contribution in [3.63, 3.8) is 0 Å². The quantitative estimate of drug-likeness (QED) is 0.457. The number of nitrogens with zero attached hydrogens (tertiary/aromatic N) is 2. The Kier molecular flexibility index (Phi) is 5.16. The van der Waals surface area contributed by atoms with E-state index in [-0.39, 0.29) is 22.0 Å². The number of fused-ring (bicyclic) bond motifs is 2. The summed E-state index contributed by atoms with van der Waals surface area (Å²) < 4.78 is 26.0. The summed E-state index contributed by atoms with van der Waals surface area (Å²) in [7, 11) is -3.39. The number of aromatic hydroxyl groups is 1. The van der Waals surface area contributed by atoms with Gasteiger partial charge < -0.3 is 9.67 Å². The van der Waals surface area contributed by atoms with Gasteiger partial charge in [0.25, 0.3) is 5.56 Å². The van der Waals surface area contributed by atoms with Crippen molar-refractivity contribution in [1.29, 1.82) is 0 Å². The Balaban J connectivity index is 1.96. The summed E-state index contributed by atoms with van der Waals surface area (Å²) in [5.74, 6) is 0.0944. The highest BCUT2D eigenvalue weighted by atomic mass is 32.3. The van der Waals surface area contributed by atoms with Crippen LogP contribution in [0.4, 0.5) is 5.69 Å². The number of para-hydroxylation sites is 1. The number of rotatable bonds is 5. The van der Waals surface area contributed by atoms with Gasteiger partial charge in [-0.25, -0.2) is 4.99 Å². The van der Waals surface area contributed by atoms with Crippen LogP contribution in [0.2, 0.25) is 0 Å². The lowest BCUT2D eigenvalue weighted by Crippen LogP contribution is -2.37. The minimum atomic E-state index is -3.39. The number of hydrogen-bond donors (Lipinski definition) is 4. The molecule has 0 saturated heterocycles. The van der Waals surface area contributed by atoms with Gasteiger partial charge in [-0.05, 0) is 29.5 Å². The molecule has 7 nitrogen and oxygen atoms in total. The van der Waals surface area contributed by atoms with Crippen molar-refractivity contribution in [2.45, 2.75) is 38.1 Å². The first-order valence-electron chi connectivity index (χ1n) is 9.44. The number of aromatic nitrogens is 1. The van der Waals surface area contributed by atoms with Gasteiger partial charge in [-0.1, -0.05) is 49.6 Å². The fourth-order valence-corrected chi connectivity index (χ4v) is 5.63. The summed E-state index contributed by atoms with van der Waals surface area (Å²) in [6.07, 6.45) is 1.86. The van der Waals surface area contributed by atoms with Gasteiger partial charge in [0, 0.05) is 6.54 Å². The fraction of sp³-hybridized carbons (Fsp3) is 0.300. The molecule has 29 heavy (non-hydrogen) atoms. The Morgan fingerprint density at radius 3 is 2.66 bits per heavy atom. The van der Waals surface area contributed by atoms with E-state index >= 15 is 0 Å². The number of nitrogens with one attached hydrogen (secondary N) is 1. The second kappa shape index (κ2) is 7.49. The maximum atomic E-state index is 13.4. The summed E-state index contributed by atoms with van der Waals surface area (Å²) in [6, 6.07) is 8.47. The number of hydrogen-bond acceptors (Lipinski definition) is 7. The number of thiophene rings is 1. The molecule has 2 aromatic heterocycles. The SMILES string of the molecule is CCC(CC)Cn1c(=O)c(C2=Nc3ccccc3S(O)(O)N2)c(O)c2sccc21. The second-order valence-electron chi connectivity index (χ2n) is 7.04. The van der Waals surface area contributed by atoms with Crippen LogP contribution in [-0.4, -0.2) is 24.6 Å².